The maximum absolute atomic E-state index is 13.2. The van der Waals surface area contributed by atoms with Crippen molar-refractivity contribution >= 4 is 35.1 Å². The van der Waals surface area contributed by atoms with Crippen molar-refractivity contribution in [3.63, 3.8) is 0 Å². The van der Waals surface area contributed by atoms with Crippen LogP contribution in [0.4, 0.5) is 24.7 Å². The zero-order chi connectivity index (χ0) is 32.0. The summed E-state index contributed by atoms with van der Waals surface area (Å²) in [4.78, 5) is 40.5. The molecule has 2 saturated heterocycles. The van der Waals surface area contributed by atoms with E-state index in [2.05, 4.69) is 4.90 Å². The van der Waals surface area contributed by atoms with E-state index in [4.69, 9.17) is 14.7 Å². The summed E-state index contributed by atoms with van der Waals surface area (Å²) in [6, 6.07) is 15.0. The Bertz CT molecular complexity index is 1470. The van der Waals surface area contributed by atoms with Gasteiger partial charge in [0.15, 0.2) is 5.16 Å². The Kier molecular flexibility index (Phi) is 10.5. The van der Waals surface area contributed by atoms with Crippen LogP contribution in [-0.4, -0.2) is 72.6 Å². The van der Waals surface area contributed by atoms with Crippen LogP contribution in [-0.2, 0) is 27.9 Å². The number of halogens is 3. The standard InChI is InChI=1S/C33H38F3N5O3S/c1-3-27-21-29(40-18-16-39(17-19-40)28-7-5-6-26(20-28)33(34,35)36)38-32(37-27)45-22-23-8-10-24(11-9-23)30(42)41-14-12-25(13-15-41)31(43)44-4-2/h5-11,20-21,25H,3-4,12-19,22H2,1-2H3. The minimum atomic E-state index is -4.37. The first kappa shape index (κ1) is 32.6. The number of likely N-dealkylation sites (tertiary alicyclic amines) is 1. The van der Waals surface area contributed by atoms with Gasteiger partial charge in [0.25, 0.3) is 5.91 Å². The van der Waals surface area contributed by atoms with Gasteiger partial charge in [0.1, 0.15) is 5.82 Å². The van der Waals surface area contributed by atoms with Crippen molar-refractivity contribution in [2.24, 2.45) is 5.92 Å². The number of thioether (sulfide) groups is 1. The van der Waals surface area contributed by atoms with Crippen molar-refractivity contribution < 1.29 is 27.5 Å². The molecule has 0 unspecified atom stereocenters. The molecule has 12 heteroatoms. The van der Waals surface area contributed by atoms with Crippen LogP contribution in [0, 0.1) is 5.92 Å². The molecule has 0 radical (unpaired) electrons. The molecule has 2 aliphatic heterocycles. The number of aryl methyl sites for hydroxylation is 1. The average molecular weight is 642 g/mol. The van der Waals surface area contributed by atoms with Gasteiger partial charge in [-0.25, -0.2) is 9.97 Å². The smallest absolute Gasteiger partial charge is 0.416 e. The molecule has 0 spiro atoms. The second-order valence-corrected chi connectivity index (χ2v) is 12.1. The Labute approximate surface area is 266 Å². The largest absolute Gasteiger partial charge is 0.466 e. The fourth-order valence-corrected chi connectivity index (χ4v) is 6.42. The zero-order valence-electron chi connectivity index (χ0n) is 25.6. The molecule has 8 nitrogen and oxygen atoms in total. The van der Waals surface area contributed by atoms with Crippen LogP contribution in [0.2, 0.25) is 0 Å². The Morgan fingerprint density at radius 3 is 2.24 bits per heavy atom. The lowest BCUT2D eigenvalue weighted by Gasteiger charge is -2.37. The van der Waals surface area contributed by atoms with Gasteiger partial charge in [0.05, 0.1) is 18.1 Å². The third kappa shape index (κ3) is 8.27. The third-order valence-corrected chi connectivity index (χ3v) is 9.14. The summed E-state index contributed by atoms with van der Waals surface area (Å²) in [7, 11) is 0. The predicted molar refractivity (Wildman–Crippen MR) is 169 cm³/mol. The number of hydrogen-bond donors (Lipinski definition) is 0. The first-order chi connectivity index (χ1) is 21.6. The Morgan fingerprint density at radius 1 is 0.911 bits per heavy atom. The molecule has 5 rings (SSSR count). The number of carbonyl (C=O) groups is 2. The fraction of sp³-hybridized carbons (Fsp3) is 0.455. The number of alkyl halides is 3. The number of piperidine rings is 1. The molecular formula is C33H38F3N5O3S. The number of esters is 1. The Balaban J connectivity index is 1.16. The van der Waals surface area contributed by atoms with E-state index >= 15 is 0 Å². The van der Waals surface area contributed by atoms with Crippen molar-refractivity contribution in [1.82, 2.24) is 14.9 Å². The number of carbonyl (C=O) groups excluding carboxylic acids is 2. The molecular weight excluding hydrogens is 603 g/mol. The molecule has 2 fully saturated rings. The highest BCUT2D eigenvalue weighted by Crippen LogP contribution is 2.32. The Morgan fingerprint density at radius 2 is 1.60 bits per heavy atom. The quantitative estimate of drug-likeness (QED) is 0.158. The molecule has 3 heterocycles. The predicted octanol–water partition coefficient (Wildman–Crippen LogP) is 6.09. The second kappa shape index (κ2) is 14.5. The van der Waals surface area contributed by atoms with Crippen LogP contribution in [0.3, 0.4) is 0 Å². The van der Waals surface area contributed by atoms with Crippen molar-refractivity contribution in [3.8, 4) is 0 Å². The van der Waals surface area contributed by atoms with Gasteiger partial charge in [-0.05, 0) is 62.1 Å². The monoisotopic (exact) mass is 641 g/mol. The molecule has 0 saturated carbocycles. The van der Waals surface area contributed by atoms with E-state index in [0.29, 0.717) is 80.9 Å². The molecule has 0 bridgehead atoms. The number of ether oxygens (including phenoxy) is 1. The zero-order valence-corrected chi connectivity index (χ0v) is 26.4. The first-order valence-corrected chi connectivity index (χ1v) is 16.4. The van der Waals surface area contributed by atoms with Gasteiger partial charge in [0.2, 0.25) is 0 Å². The maximum Gasteiger partial charge on any atom is 0.416 e. The topological polar surface area (TPSA) is 78.9 Å². The number of nitrogens with zero attached hydrogens (tertiary/aromatic N) is 5. The number of rotatable bonds is 9. The van der Waals surface area contributed by atoms with Crippen molar-refractivity contribution in [2.75, 3.05) is 55.7 Å². The van der Waals surface area contributed by atoms with Gasteiger partial charge in [-0.15, -0.1) is 0 Å². The lowest BCUT2D eigenvalue weighted by Crippen LogP contribution is -2.47. The van der Waals surface area contributed by atoms with Gasteiger partial charge in [-0.2, -0.15) is 13.2 Å². The van der Waals surface area contributed by atoms with Crippen LogP contribution in [0.15, 0.2) is 59.8 Å². The molecule has 0 aliphatic carbocycles. The molecule has 3 aromatic rings. The van der Waals surface area contributed by atoms with Gasteiger partial charge in [-0.3, -0.25) is 9.59 Å². The van der Waals surface area contributed by atoms with Crippen molar-refractivity contribution in [1.29, 1.82) is 0 Å². The molecule has 0 atom stereocenters. The van der Waals surface area contributed by atoms with Crippen LogP contribution in [0.1, 0.15) is 53.9 Å². The number of hydrogen-bond acceptors (Lipinski definition) is 8. The first-order valence-electron chi connectivity index (χ1n) is 15.4. The van der Waals surface area contributed by atoms with E-state index in [1.54, 1.807) is 17.9 Å². The number of amides is 1. The highest BCUT2D eigenvalue weighted by molar-refractivity contribution is 7.98. The molecule has 45 heavy (non-hydrogen) atoms. The summed E-state index contributed by atoms with van der Waals surface area (Å²) in [6.45, 7) is 7.72. The van der Waals surface area contributed by atoms with Crippen molar-refractivity contribution in [2.45, 2.75) is 50.2 Å². The summed E-state index contributed by atoms with van der Waals surface area (Å²) >= 11 is 1.53. The molecule has 1 amide bonds. The SMILES string of the molecule is CCOC(=O)C1CCN(C(=O)c2ccc(CSc3nc(CC)cc(N4CCN(c5cccc(C(F)(F)F)c5)CC4)n3)cc2)CC1. The highest BCUT2D eigenvalue weighted by Gasteiger charge is 2.31. The summed E-state index contributed by atoms with van der Waals surface area (Å²) in [5, 5.41) is 0.661. The van der Waals surface area contributed by atoms with Crippen LogP contribution < -0.4 is 9.80 Å². The Hall–Kier alpha value is -3.80. The van der Waals surface area contributed by atoms with Crippen molar-refractivity contribution in [3.05, 3.63) is 77.0 Å². The minimum Gasteiger partial charge on any atom is -0.466 e. The average Bonchev–Trinajstić information content (AvgIpc) is 3.07. The van der Waals surface area contributed by atoms with Crippen LogP contribution in [0.25, 0.3) is 0 Å². The number of anilines is 2. The number of piperazine rings is 1. The molecule has 2 aromatic carbocycles. The summed E-state index contributed by atoms with van der Waals surface area (Å²) in [5.74, 6) is 1.10. The van der Waals surface area contributed by atoms with Gasteiger partial charge in [0, 0.05) is 68.0 Å². The van der Waals surface area contributed by atoms with E-state index in [1.165, 1.54) is 23.9 Å². The lowest BCUT2D eigenvalue weighted by molar-refractivity contribution is -0.149. The van der Waals surface area contributed by atoms with E-state index in [9.17, 15) is 22.8 Å². The molecule has 1 aromatic heterocycles. The number of aromatic nitrogens is 2. The minimum absolute atomic E-state index is 0.0340. The maximum atomic E-state index is 13.2. The van der Waals surface area contributed by atoms with Gasteiger partial charge >= 0.3 is 12.1 Å². The fourth-order valence-electron chi connectivity index (χ4n) is 5.59. The molecule has 0 N–H and O–H groups in total. The third-order valence-electron chi connectivity index (χ3n) is 8.22. The van der Waals surface area contributed by atoms with E-state index in [1.807, 2.05) is 42.2 Å². The second-order valence-electron chi connectivity index (χ2n) is 11.2. The molecule has 2 aliphatic rings. The van der Waals surface area contributed by atoms with Crippen LogP contribution >= 0.6 is 11.8 Å². The van der Waals surface area contributed by atoms with E-state index in [-0.39, 0.29) is 17.8 Å². The van der Waals surface area contributed by atoms with E-state index in [0.717, 1.165) is 29.6 Å². The summed E-state index contributed by atoms with van der Waals surface area (Å²) < 4.78 is 44.7. The highest BCUT2D eigenvalue weighted by atomic mass is 32.2. The molecule has 240 valence electrons. The van der Waals surface area contributed by atoms with E-state index < -0.39 is 11.7 Å². The summed E-state index contributed by atoms with van der Waals surface area (Å²) in [5.41, 5.74) is 2.52. The lowest BCUT2D eigenvalue weighted by atomic mass is 9.96. The normalized spacial score (nSPS) is 16.2. The van der Waals surface area contributed by atoms with Gasteiger partial charge < -0.3 is 19.4 Å². The number of benzene rings is 2. The summed E-state index contributed by atoms with van der Waals surface area (Å²) in [6.07, 6.45) is -2.39. The van der Waals surface area contributed by atoms with Gasteiger partial charge in [-0.1, -0.05) is 36.9 Å². The van der Waals surface area contributed by atoms with Crippen LogP contribution in [0.5, 0.6) is 0 Å².